The van der Waals surface area contributed by atoms with E-state index in [1.807, 2.05) is 158 Å². The van der Waals surface area contributed by atoms with Gasteiger partial charge in [0, 0.05) is 22.3 Å². The van der Waals surface area contributed by atoms with Crippen LogP contribution in [0.3, 0.4) is 0 Å². The molecule has 0 radical (unpaired) electrons. The molecule has 3 heteroatoms. The van der Waals surface area contributed by atoms with Crippen molar-refractivity contribution in [2.75, 3.05) is 0 Å². The van der Waals surface area contributed by atoms with Crippen molar-refractivity contribution in [1.29, 1.82) is 0 Å². The molecule has 6 aromatic carbocycles. The van der Waals surface area contributed by atoms with E-state index in [4.69, 9.17) is 0 Å². The Morgan fingerprint density at radius 3 is 0.787 bits per heavy atom. The molecule has 2 atom stereocenters. The fourth-order valence-electron chi connectivity index (χ4n) is 5.16. The molecule has 2 N–H and O–H groups in total. The predicted octanol–water partition coefficient (Wildman–Crippen LogP) is 12.2. The zero-order chi connectivity index (χ0) is 32.7. The Balaban J connectivity index is 0.000000206. The summed E-state index contributed by atoms with van der Waals surface area (Å²) in [5.41, 5.74) is 7.55. The maximum atomic E-state index is 10.5. The second kappa shape index (κ2) is 19.3. The number of para-hydroxylation sites is 2. The molecule has 47 heavy (non-hydrogen) atoms. The van der Waals surface area contributed by atoms with Crippen molar-refractivity contribution in [2.45, 2.75) is 26.7 Å². The molecule has 0 heterocycles. The predicted molar refractivity (Wildman–Crippen MR) is 196 cm³/mol. The van der Waals surface area contributed by atoms with Crippen LogP contribution in [0.15, 0.2) is 158 Å². The zero-order valence-electron chi connectivity index (χ0n) is 27.4. The van der Waals surface area contributed by atoms with Crippen molar-refractivity contribution in [3.8, 4) is 56.0 Å². The molecule has 0 fully saturated rings. The Morgan fingerprint density at radius 2 is 0.596 bits per heavy atom. The molecule has 6 rings (SSSR count). The van der Waals surface area contributed by atoms with E-state index in [-0.39, 0.29) is 21.7 Å². The van der Waals surface area contributed by atoms with Gasteiger partial charge in [-0.2, -0.15) is 11.8 Å². The summed E-state index contributed by atoms with van der Waals surface area (Å²) in [7, 11) is 0. The zero-order valence-corrected chi connectivity index (χ0v) is 29.0. The van der Waals surface area contributed by atoms with Gasteiger partial charge >= 0.3 is 21.7 Å². The first-order chi connectivity index (χ1) is 22.4. The smallest absolute Gasteiger partial charge is 0.507 e. The van der Waals surface area contributed by atoms with E-state index in [9.17, 15) is 10.2 Å². The standard InChI is InChI=1S/2C18H14O.C8H16.Ti/c2*19-18-16(14-8-3-1-4-9-14)12-7-13-17(18)15-10-5-2-6-11-15;1-5-7(3)8(4)6-2;/h2*1-13,19H;7-8H,3-6H2,1-2H3;/q;;-2;+2/t;;7-,8-;/m..0./s1. The maximum Gasteiger partial charge on any atom is 2.00 e. The summed E-state index contributed by atoms with van der Waals surface area (Å²) in [5.74, 6) is 1.78. The van der Waals surface area contributed by atoms with Crippen molar-refractivity contribution in [1.82, 2.24) is 0 Å². The number of phenols is 2. The normalized spacial score (nSPS) is 11.4. The van der Waals surface area contributed by atoms with Gasteiger partial charge in [-0.15, -0.1) is 0 Å². The Morgan fingerprint density at radius 1 is 0.383 bits per heavy atom. The summed E-state index contributed by atoms with van der Waals surface area (Å²) in [6.45, 7) is 12.2. The van der Waals surface area contributed by atoms with Gasteiger partial charge in [0.2, 0.25) is 0 Å². The molecule has 0 aliphatic heterocycles. The van der Waals surface area contributed by atoms with E-state index in [1.165, 1.54) is 0 Å². The van der Waals surface area contributed by atoms with Crippen LogP contribution in [0.4, 0.5) is 0 Å². The molecule has 6 aromatic rings. The van der Waals surface area contributed by atoms with E-state index in [2.05, 4.69) is 27.7 Å². The van der Waals surface area contributed by atoms with Crippen LogP contribution in [0.2, 0.25) is 0 Å². The number of aromatic hydroxyl groups is 2. The van der Waals surface area contributed by atoms with E-state index in [0.717, 1.165) is 57.3 Å². The minimum atomic E-state index is 0. The molecule has 0 saturated heterocycles. The van der Waals surface area contributed by atoms with Crippen LogP contribution in [0.1, 0.15) is 26.7 Å². The summed E-state index contributed by atoms with van der Waals surface area (Å²) in [4.78, 5) is 0. The molecule has 0 amide bonds. The average molecular weight is 653 g/mol. The Labute approximate surface area is 296 Å². The van der Waals surface area contributed by atoms with Gasteiger partial charge in [0.15, 0.2) is 0 Å². The first-order valence-electron chi connectivity index (χ1n) is 16.0. The molecular weight excluding hydrogens is 608 g/mol. The Hall–Kier alpha value is -4.37. The molecule has 2 nitrogen and oxygen atoms in total. The molecule has 0 bridgehead atoms. The second-order valence-electron chi connectivity index (χ2n) is 11.2. The number of benzene rings is 6. The number of phenolic OH excluding ortho intramolecular Hbond substituents is 2. The van der Waals surface area contributed by atoms with E-state index < -0.39 is 0 Å². The van der Waals surface area contributed by atoms with Crippen molar-refractivity contribution >= 4 is 0 Å². The molecule has 0 saturated carbocycles. The topological polar surface area (TPSA) is 40.5 Å². The van der Waals surface area contributed by atoms with Crippen molar-refractivity contribution in [2.24, 2.45) is 11.8 Å². The third-order valence-electron chi connectivity index (χ3n) is 8.13. The van der Waals surface area contributed by atoms with E-state index in [0.29, 0.717) is 23.3 Å². The van der Waals surface area contributed by atoms with Crippen LogP contribution in [0.25, 0.3) is 44.5 Å². The maximum absolute atomic E-state index is 10.5. The Kier molecular flexibility index (Phi) is 15.3. The van der Waals surface area contributed by atoms with Crippen molar-refractivity contribution < 1.29 is 31.9 Å². The van der Waals surface area contributed by atoms with Gasteiger partial charge in [-0.1, -0.05) is 184 Å². The average Bonchev–Trinajstić information content (AvgIpc) is 3.13. The summed E-state index contributed by atoms with van der Waals surface area (Å²) >= 11 is 0. The quantitative estimate of drug-likeness (QED) is 0.133. The Bertz CT molecular complexity index is 1490. The monoisotopic (exact) mass is 652 g/mol. The van der Waals surface area contributed by atoms with Crippen LogP contribution >= 0.6 is 0 Å². The van der Waals surface area contributed by atoms with Gasteiger partial charge in [-0.05, 0) is 22.3 Å². The molecule has 0 aromatic heterocycles. The minimum absolute atomic E-state index is 0. The van der Waals surface area contributed by atoms with Crippen LogP contribution < -0.4 is 0 Å². The third kappa shape index (κ3) is 10.3. The largest absolute Gasteiger partial charge is 2.00 e. The van der Waals surface area contributed by atoms with Crippen LogP contribution in [0, 0.1) is 25.7 Å². The molecule has 0 spiro atoms. The van der Waals surface area contributed by atoms with Crippen molar-refractivity contribution in [3.63, 3.8) is 0 Å². The molecule has 0 aliphatic carbocycles. The van der Waals surface area contributed by atoms with Gasteiger partial charge in [0.1, 0.15) is 11.5 Å². The SMILES string of the molecule is Oc1c(-c2ccccc2)cccc1-c1ccccc1.Oc1c(-c2ccccc2)cccc1-c1ccccc1.[CH2-][C@@H](CC)[C@@H]([CH2-])CC.[Ti+2]. The number of hydrogen-bond acceptors (Lipinski definition) is 2. The number of rotatable bonds is 7. The summed E-state index contributed by atoms with van der Waals surface area (Å²) in [5, 5.41) is 21.0. The first kappa shape index (κ1) is 37.1. The fourth-order valence-corrected chi connectivity index (χ4v) is 5.16. The van der Waals surface area contributed by atoms with Gasteiger partial charge < -0.3 is 24.1 Å². The van der Waals surface area contributed by atoms with Gasteiger partial charge in [-0.3, -0.25) is 0 Å². The van der Waals surface area contributed by atoms with E-state index in [1.54, 1.807) is 0 Å². The first-order valence-corrected chi connectivity index (χ1v) is 16.0. The number of hydrogen-bond donors (Lipinski definition) is 2. The third-order valence-corrected chi connectivity index (χ3v) is 8.13. The molecule has 236 valence electrons. The van der Waals surface area contributed by atoms with Crippen LogP contribution in [0.5, 0.6) is 11.5 Å². The molecule has 0 aliphatic rings. The summed E-state index contributed by atoms with van der Waals surface area (Å²) < 4.78 is 0. The summed E-state index contributed by atoms with van der Waals surface area (Å²) in [6.07, 6.45) is 2.31. The molecular formula is C44H44O2Ti. The molecule has 0 unspecified atom stereocenters. The van der Waals surface area contributed by atoms with Crippen LogP contribution in [-0.4, -0.2) is 10.2 Å². The van der Waals surface area contributed by atoms with Crippen LogP contribution in [-0.2, 0) is 21.7 Å². The van der Waals surface area contributed by atoms with E-state index >= 15 is 0 Å². The fraction of sp³-hybridized carbons (Fsp3) is 0.136. The van der Waals surface area contributed by atoms with Gasteiger partial charge in [-0.25, -0.2) is 0 Å². The van der Waals surface area contributed by atoms with Gasteiger partial charge in [0.25, 0.3) is 0 Å². The minimum Gasteiger partial charge on any atom is -0.507 e. The summed E-state index contributed by atoms with van der Waals surface area (Å²) in [6, 6.07) is 51.5. The van der Waals surface area contributed by atoms with Crippen molar-refractivity contribution in [3.05, 3.63) is 172 Å². The van der Waals surface area contributed by atoms with Gasteiger partial charge in [0.05, 0.1) is 0 Å². The second-order valence-corrected chi connectivity index (χ2v) is 11.2.